The zero-order chi connectivity index (χ0) is 23.0. The van der Waals surface area contributed by atoms with E-state index >= 15 is 0 Å². The third-order valence-corrected chi connectivity index (χ3v) is 5.47. The number of ether oxygens (including phenoxy) is 5. The second kappa shape index (κ2) is 10.7. The van der Waals surface area contributed by atoms with Crippen molar-refractivity contribution >= 4 is 21.9 Å². The fraction of sp³-hybridized carbons (Fsp3) is 0.286. The summed E-state index contributed by atoms with van der Waals surface area (Å²) in [7, 11) is 2.13. The van der Waals surface area contributed by atoms with Gasteiger partial charge in [-0.05, 0) is 23.8 Å². The van der Waals surface area contributed by atoms with Crippen LogP contribution in [0.1, 0.15) is 11.1 Å². The molecular formula is C21H25NO8S. The predicted molar refractivity (Wildman–Crippen MR) is 115 cm³/mol. The Morgan fingerprint density at radius 1 is 0.903 bits per heavy atom. The third-order valence-electron chi connectivity index (χ3n) is 4.18. The monoisotopic (exact) mass is 451 g/mol. The van der Waals surface area contributed by atoms with E-state index in [9.17, 15) is 13.2 Å². The van der Waals surface area contributed by atoms with Gasteiger partial charge in [-0.3, -0.25) is 4.79 Å². The summed E-state index contributed by atoms with van der Waals surface area (Å²) in [6.45, 7) is -0.319. The van der Waals surface area contributed by atoms with Crippen LogP contribution in [0, 0.1) is 0 Å². The Balaban J connectivity index is 2.33. The quantitative estimate of drug-likeness (QED) is 0.427. The first kappa shape index (κ1) is 24.0. The fourth-order valence-electron chi connectivity index (χ4n) is 2.70. The van der Waals surface area contributed by atoms with Crippen LogP contribution in [0.5, 0.6) is 28.7 Å². The Morgan fingerprint density at radius 3 is 2.03 bits per heavy atom. The number of esters is 1. The van der Waals surface area contributed by atoms with Crippen LogP contribution in [0.4, 0.5) is 0 Å². The molecule has 0 aliphatic carbocycles. The molecule has 0 unspecified atom stereocenters. The number of benzene rings is 2. The summed E-state index contributed by atoms with van der Waals surface area (Å²) in [5, 5.41) is 1.07. The van der Waals surface area contributed by atoms with Gasteiger partial charge < -0.3 is 29.4 Å². The van der Waals surface area contributed by atoms with Gasteiger partial charge in [0, 0.05) is 17.5 Å². The molecular weight excluding hydrogens is 426 g/mol. The van der Waals surface area contributed by atoms with Crippen molar-refractivity contribution in [1.29, 1.82) is 0 Å². The summed E-state index contributed by atoms with van der Waals surface area (Å²) in [4.78, 5) is 11.5. The summed E-state index contributed by atoms with van der Waals surface area (Å²) in [6, 6.07) is 7.75. The van der Waals surface area contributed by atoms with Gasteiger partial charge in [-0.15, -0.1) is 0 Å². The highest BCUT2D eigenvalue weighted by Crippen LogP contribution is 2.35. The van der Waals surface area contributed by atoms with E-state index in [2.05, 4.69) is 0 Å². The number of rotatable bonds is 10. The van der Waals surface area contributed by atoms with Gasteiger partial charge in [0.05, 0.1) is 46.3 Å². The second-order valence-electron chi connectivity index (χ2n) is 6.22. The molecule has 2 rings (SSSR count). The number of hydrogen-bond acceptors (Lipinski definition) is 9. The first-order valence-corrected chi connectivity index (χ1v) is 10.8. The molecule has 0 aliphatic rings. The molecule has 0 radical (unpaired) electrons. The maximum atomic E-state index is 12.7. The zero-order valence-electron chi connectivity index (χ0n) is 17.7. The molecule has 31 heavy (non-hydrogen) atoms. The van der Waals surface area contributed by atoms with Crippen molar-refractivity contribution in [3.05, 3.63) is 46.9 Å². The summed E-state index contributed by atoms with van der Waals surface area (Å²) in [6.07, 6.45) is 1.39. The van der Waals surface area contributed by atoms with E-state index in [0.29, 0.717) is 28.4 Å². The molecule has 168 valence electrons. The predicted octanol–water partition coefficient (Wildman–Crippen LogP) is 2.17. The molecule has 0 aromatic heterocycles. The SMILES string of the molecule is COc1cc(OC)c(/C=C/S(=O)(=O)Cc2ccc(OC)c(OC(=O)CN)c2)c(OC)c1. The zero-order valence-corrected chi connectivity index (χ0v) is 18.5. The Hall–Kier alpha value is -3.24. The van der Waals surface area contributed by atoms with Gasteiger partial charge in [-0.1, -0.05) is 6.07 Å². The minimum Gasteiger partial charge on any atom is -0.496 e. The maximum absolute atomic E-state index is 12.7. The molecule has 0 spiro atoms. The van der Waals surface area contributed by atoms with Gasteiger partial charge in [-0.2, -0.15) is 0 Å². The van der Waals surface area contributed by atoms with Gasteiger partial charge >= 0.3 is 5.97 Å². The fourth-order valence-corrected chi connectivity index (χ4v) is 3.79. The summed E-state index contributed by atoms with van der Waals surface area (Å²) >= 11 is 0. The van der Waals surface area contributed by atoms with Crippen LogP contribution in [-0.4, -0.2) is 49.4 Å². The number of nitrogens with two attached hydrogens (primary N) is 1. The number of carbonyl (C=O) groups excluding carboxylic acids is 1. The first-order chi connectivity index (χ1) is 14.8. The van der Waals surface area contributed by atoms with Crippen LogP contribution in [0.25, 0.3) is 6.08 Å². The van der Waals surface area contributed by atoms with E-state index in [4.69, 9.17) is 29.4 Å². The van der Waals surface area contributed by atoms with E-state index in [1.807, 2.05) is 0 Å². The molecule has 2 N–H and O–H groups in total. The van der Waals surface area contributed by atoms with Crippen molar-refractivity contribution in [2.45, 2.75) is 5.75 Å². The molecule has 2 aromatic carbocycles. The van der Waals surface area contributed by atoms with Crippen molar-refractivity contribution in [2.24, 2.45) is 5.73 Å². The molecule has 0 heterocycles. The molecule has 0 amide bonds. The lowest BCUT2D eigenvalue weighted by Gasteiger charge is -2.12. The summed E-state index contributed by atoms with van der Waals surface area (Å²) < 4.78 is 51.4. The van der Waals surface area contributed by atoms with Crippen molar-refractivity contribution < 1.29 is 36.9 Å². The Morgan fingerprint density at radius 2 is 1.52 bits per heavy atom. The molecule has 10 heteroatoms. The number of hydrogen-bond donors (Lipinski definition) is 1. The van der Waals surface area contributed by atoms with Gasteiger partial charge in [0.1, 0.15) is 17.2 Å². The van der Waals surface area contributed by atoms with Crippen molar-refractivity contribution in [3.63, 3.8) is 0 Å². The van der Waals surface area contributed by atoms with E-state index < -0.39 is 15.8 Å². The molecule has 0 saturated heterocycles. The number of carbonyl (C=O) groups is 1. The van der Waals surface area contributed by atoms with E-state index in [1.54, 1.807) is 18.2 Å². The van der Waals surface area contributed by atoms with Crippen molar-refractivity contribution in [1.82, 2.24) is 0 Å². The highest BCUT2D eigenvalue weighted by atomic mass is 32.2. The van der Waals surface area contributed by atoms with Crippen LogP contribution in [0.2, 0.25) is 0 Å². The van der Waals surface area contributed by atoms with Crippen LogP contribution < -0.4 is 29.4 Å². The van der Waals surface area contributed by atoms with Gasteiger partial charge in [-0.25, -0.2) is 8.42 Å². The first-order valence-electron chi connectivity index (χ1n) is 9.05. The maximum Gasteiger partial charge on any atom is 0.325 e. The Labute approximate surface area is 181 Å². The van der Waals surface area contributed by atoms with E-state index in [1.165, 1.54) is 46.6 Å². The van der Waals surface area contributed by atoms with Crippen molar-refractivity contribution in [2.75, 3.05) is 35.0 Å². The van der Waals surface area contributed by atoms with E-state index in [-0.39, 0.29) is 23.8 Å². The third kappa shape index (κ3) is 6.37. The molecule has 0 atom stereocenters. The lowest BCUT2D eigenvalue weighted by molar-refractivity contribution is -0.132. The largest absolute Gasteiger partial charge is 0.496 e. The molecule has 0 bridgehead atoms. The minimum absolute atomic E-state index is 0.0909. The highest BCUT2D eigenvalue weighted by molar-refractivity contribution is 7.93. The van der Waals surface area contributed by atoms with Gasteiger partial charge in [0.2, 0.25) is 0 Å². The molecule has 0 aliphatic heterocycles. The number of methoxy groups -OCH3 is 4. The highest BCUT2D eigenvalue weighted by Gasteiger charge is 2.16. The van der Waals surface area contributed by atoms with E-state index in [0.717, 1.165) is 5.41 Å². The lowest BCUT2D eigenvalue weighted by atomic mass is 10.1. The lowest BCUT2D eigenvalue weighted by Crippen LogP contribution is -2.19. The van der Waals surface area contributed by atoms with Crippen LogP contribution in [-0.2, 0) is 20.4 Å². The van der Waals surface area contributed by atoms with Gasteiger partial charge in [0.15, 0.2) is 21.3 Å². The summed E-state index contributed by atoms with van der Waals surface area (Å²) in [5.41, 5.74) is 6.11. The Kier molecular flexibility index (Phi) is 8.29. The average Bonchev–Trinajstić information content (AvgIpc) is 2.76. The molecule has 0 fully saturated rings. The average molecular weight is 451 g/mol. The van der Waals surface area contributed by atoms with Crippen LogP contribution in [0.3, 0.4) is 0 Å². The molecule has 2 aromatic rings. The van der Waals surface area contributed by atoms with Crippen LogP contribution in [0.15, 0.2) is 35.7 Å². The molecule has 9 nitrogen and oxygen atoms in total. The standard InChI is InChI=1S/C21H25NO8S/c1-26-15-10-18(28-3)16(19(11-15)29-4)7-8-31(24,25)13-14-5-6-17(27-2)20(9-14)30-21(23)12-22/h5-11H,12-13,22H2,1-4H3/b8-7+. The van der Waals surface area contributed by atoms with Crippen LogP contribution >= 0.6 is 0 Å². The van der Waals surface area contributed by atoms with Crippen molar-refractivity contribution in [3.8, 4) is 28.7 Å². The van der Waals surface area contributed by atoms with Gasteiger partial charge in [0.25, 0.3) is 0 Å². The topological polar surface area (TPSA) is 123 Å². The normalized spacial score (nSPS) is 11.3. The Bertz CT molecular complexity index is 1040. The number of sulfone groups is 1. The smallest absolute Gasteiger partial charge is 0.325 e. The molecule has 0 saturated carbocycles. The second-order valence-corrected chi connectivity index (χ2v) is 8.11. The summed E-state index contributed by atoms with van der Waals surface area (Å²) in [5.74, 6) is 0.662. The minimum atomic E-state index is -3.70.